The van der Waals surface area contributed by atoms with Crippen LogP contribution >= 0.6 is 0 Å². The third kappa shape index (κ3) is 3.61. The third-order valence-electron chi connectivity index (χ3n) is 5.29. The minimum absolute atomic E-state index is 0.197. The molecular formula is C18H23NO6S. The highest BCUT2D eigenvalue weighted by Crippen LogP contribution is 2.29. The summed E-state index contributed by atoms with van der Waals surface area (Å²) in [6, 6.07) is 5.73. The van der Waals surface area contributed by atoms with Gasteiger partial charge in [0.05, 0.1) is 10.1 Å². The lowest BCUT2D eigenvalue weighted by molar-refractivity contribution is -0.148. The van der Waals surface area contributed by atoms with Crippen LogP contribution < -0.4 is 5.32 Å². The van der Waals surface area contributed by atoms with Crippen molar-refractivity contribution in [2.24, 2.45) is 0 Å². The molecule has 1 aliphatic carbocycles. The molecule has 0 unspecified atom stereocenters. The second-order valence-electron chi connectivity index (χ2n) is 6.93. The van der Waals surface area contributed by atoms with Crippen molar-refractivity contribution in [2.45, 2.75) is 54.2 Å². The van der Waals surface area contributed by atoms with Crippen molar-refractivity contribution in [3.05, 3.63) is 29.8 Å². The number of benzene rings is 1. The zero-order chi connectivity index (χ0) is 18.8. The number of carbonyl (C=O) groups excluding carboxylic acids is 1. The van der Waals surface area contributed by atoms with Gasteiger partial charge in [-0.15, -0.1) is 0 Å². The Morgan fingerprint density at radius 1 is 1.08 bits per heavy atom. The first kappa shape index (κ1) is 18.8. The van der Waals surface area contributed by atoms with E-state index < -0.39 is 27.3 Å². The minimum atomic E-state index is -3.38. The summed E-state index contributed by atoms with van der Waals surface area (Å²) in [5, 5.41) is 11.8. The monoisotopic (exact) mass is 381 g/mol. The molecule has 2 aliphatic rings. The summed E-state index contributed by atoms with van der Waals surface area (Å²) >= 11 is 0. The lowest BCUT2D eigenvalue weighted by atomic mass is 9.89. The fourth-order valence-electron chi connectivity index (χ4n) is 3.59. The normalized spacial score (nSPS) is 20.6. The van der Waals surface area contributed by atoms with Gasteiger partial charge >= 0.3 is 5.97 Å². The van der Waals surface area contributed by atoms with Crippen LogP contribution in [0.2, 0.25) is 0 Å². The molecule has 7 nitrogen and oxygen atoms in total. The number of sulfone groups is 1. The number of carboxylic acid groups (broad SMARTS) is 1. The molecule has 0 bridgehead atoms. The summed E-state index contributed by atoms with van der Waals surface area (Å²) in [7, 11) is -3.38. The quantitative estimate of drug-likeness (QED) is 0.804. The molecule has 1 heterocycles. The lowest BCUT2D eigenvalue weighted by Crippen LogP contribution is -2.57. The highest BCUT2D eigenvalue weighted by atomic mass is 32.2. The van der Waals surface area contributed by atoms with Crippen molar-refractivity contribution in [1.82, 2.24) is 5.32 Å². The van der Waals surface area contributed by atoms with E-state index in [1.165, 1.54) is 24.3 Å². The molecule has 26 heavy (non-hydrogen) atoms. The van der Waals surface area contributed by atoms with Crippen molar-refractivity contribution in [2.75, 3.05) is 13.2 Å². The molecule has 1 aliphatic heterocycles. The van der Waals surface area contributed by atoms with Crippen LogP contribution in [0.15, 0.2) is 29.2 Å². The van der Waals surface area contributed by atoms with Crippen LogP contribution in [0.4, 0.5) is 0 Å². The van der Waals surface area contributed by atoms with Gasteiger partial charge in [-0.05, 0) is 37.1 Å². The molecule has 1 aromatic rings. The third-order valence-corrected chi connectivity index (χ3v) is 7.57. The molecule has 2 N–H and O–H groups in total. The molecule has 142 valence electrons. The first-order valence-corrected chi connectivity index (χ1v) is 10.4. The summed E-state index contributed by atoms with van der Waals surface area (Å²) in [5.41, 5.74) is -1.10. The van der Waals surface area contributed by atoms with Crippen LogP contribution in [0.3, 0.4) is 0 Å². The Hall–Kier alpha value is -1.93. The Balaban J connectivity index is 1.75. The average Bonchev–Trinajstić information content (AvgIpc) is 3.18. The first-order valence-electron chi connectivity index (χ1n) is 8.83. The van der Waals surface area contributed by atoms with Crippen molar-refractivity contribution in [3.63, 3.8) is 0 Å². The van der Waals surface area contributed by atoms with E-state index in [-0.39, 0.29) is 41.8 Å². The predicted octanol–water partition coefficient (Wildman–Crippen LogP) is 1.77. The van der Waals surface area contributed by atoms with E-state index in [0.717, 1.165) is 12.8 Å². The zero-order valence-corrected chi connectivity index (χ0v) is 15.3. The maximum atomic E-state index is 12.6. The van der Waals surface area contributed by atoms with Gasteiger partial charge in [-0.3, -0.25) is 4.79 Å². The molecule has 3 rings (SSSR count). The smallest absolute Gasteiger partial charge is 0.329 e. The molecular weight excluding hydrogens is 358 g/mol. The van der Waals surface area contributed by atoms with Crippen LogP contribution in [0.5, 0.6) is 0 Å². The van der Waals surface area contributed by atoms with Gasteiger partial charge < -0.3 is 15.2 Å². The number of hydrogen-bond acceptors (Lipinski definition) is 5. The van der Waals surface area contributed by atoms with Gasteiger partial charge in [-0.1, -0.05) is 12.8 Å². The fourth-order valence-corrected chi connectivity index (χ4v) is 5.44. The average molecular weight is 381 g/mol. The Bertz CT molecular complexity index is 774. The highest BCUT2D eigenvalue weighted by Gasteiger charge is 2.41. The number of rotatable bonds is 5. The van der Waals surface area contributed by atoms with E-state index >= 15 is 0 Å². The number of aliphatic carboxylic acids is 1. The molecule has 2 fully saturated rings. The Morgan fingerprint density at radius 3 is 2.19 bits per heavy atom. The molecule has 1 aromatic carbocycles. The standard InChI is InChI=1S/C18H23NO6S/c20-16(19-18(17(21)22)9-11-25-12-10-18)13-5-7-15(8-6-13)26(23,24)14-3-1-2-4-14/h5-8,14H,1-4,9-12H2,(H,19,20)(H,21,22). The maximum Gasteiger partial charge on any atom is 0.329 e. The molecule has 1 saturated heterocycles. The van der Waals surface area contributed by atoms with Gasteiger partial charge in [0.15, 0.2) is 9.84 Å². The number of amides is 1. The van der Waals surface area contributed by atoms with Crippen molar-refractivity contribution < 1.29 is 27.9 Å². The van der Waals surface area contributed by atoms with Crippen LogP contribution in [-0.2, 0) is 19.4 Å². The Morgan fingerprint density at radius 2 is 1.65 bits per heavy atom. The van der Waals surface area contributed by atoms with Gasteiger partial charge in [0, 0.05) is 31.6 Å². The SMILES string of the molecule is O=C(NC1(C(=O)O)CCOCC1)c1ccc(S(=O)(=O)C2CCCC2)cc1. The number of nitrogens with one attached hydrogen (secondary N) is 1. The summed E-state index contributed by atoms with van der Waals surface area (Å²) in [6.07, 6.45) is 3.59. The van der Waals surface area contributed by atoms with Crippen LogP contribution in [0.1, 0.15) is 48.9 Å². The topological polar surface area (TPSA) is 110 Å². The molecule has 1 saturated carbocycles. The van der Waals surface area contributed by atoms with Gasteiger partial charge in [-0.2, -0.15) is 0 Å². The van der Waals surface area contributed by atoms with E-state index in [9.17, 15) is 23.1 Å². The van der Waals surface area contributed by atoms with Gasteiger partial charge in [-0.25, -0.2) is 13.2 Å². The zero-order valence-electron chi connectivity index (χ0n) is 14.4. The molecule has 1 amide bonds. The number of ether oxygens (including phenoxy) is 1. The highest BCUT2D eigenvalue weighted by molar-refractivity contribution is 7.92. The number of carbonyl (C=O) groups is 2. The fraction of sp³-hybridized carbons (Fsp3) is 0.556. The summed E-state index contributed by atoms with van der Waals surface area (Å²) in [6.45, 7) is 0.538. The molecule has 0 atom stereocenters. The number of carboxylic acids is 1. The molecule has 0 spiro atoms. The van der Waals surface area contributed by atoms with Crippen molar-refractivity contribution in [1.29, 1.82) is 0 Å². The molecule has 0 radical (unpaired) electrons. The van der Waals surface area contributed by atoms with Crippen LogP contribution in [-0.4, -0.2) is 49.4 Å². The van der Waals surface area contributed by atoms with Gasteiger partial charge in [0.2, 0.25) is 0 Å². The van der Waals surface area contributed by atoms with Crippen molar-refractivity contribution >= 4 is 21.7 Å². The minimum Gasteiger partial charge on any atom is -0.480 e. The molecule has 0 aromatic heterocycles. The largest absolute Gasteiger partial charge is 0.480 e. The first-order chi connectivity index (χ1) is 12.3. The predicted molar refractivity (Wildman–Crippen MR) is 93.8 cm³/mol. The van der Waals surface area contributed by atoms with Crippen molar-refractivity contribution in [3.8, 4) is 0 Å². The second kappa shape index (κ2) is 7.36. The van der Waals surface area contributed by atoms with E-state index in [1.54, 1.807) is 0 Å². The van der Waals surface area contributed by atoms with Gasteiger partial charge in [0.25, 0.3) is 5.91 Å². The maximum absolute atomic E-state index is 12.6. The number of hydrogen-bond donors (Lipinski definition) is 2. The Kier molecular flexibility index (Phi) is 5.34. The van der Waals surface area contributed by atoms with E-state index in [1.807, 2.05) is 0 Å². The second-order valence-corrected chi connectivity index (χ2v) is 9.16. The summed E-state index contributed by atoms with van der Waals surface area (Å²) < 4.78 is 30.3. The van der Waals surface area contributed by atoms with E-state index in [2.05, 4.69) is 5.32 Å². The van der Waals surface area contributed by atoms with E-state index in [4.69, 9.17) is 4.74 Å². The summed E-state index contributed by atoms with van der Waals surface area (Å²) in [4.78, 5) is 24.3. The van der Waals surface area contributed by atoms with E-state index in [0.29, 0.717) is 12.8 Å². The van der Waals surface area contributed by atoms with Crippen LogP contribution in [0.25, 0.3) is 0 Å². The molecule has 8 heteroatoms. The Labute approximate surface area is 152 Å². The van der Waals surface area contributed by atoms with Crippen LogP contribution in [0, 0.1) is 0 Å². The van der Waals surface area contributed by atoms with Gasteiger partial charge in [0.1, 0.15) is 5.54 Å². The lowest BCUT2D eigenvalue weighted by Gasteiger charge is -2.33. The summed E-state index contributed by atoms with van der Waals surface area (Å²) in [5.74, 6) is -1.62.